The smallest absolute Gasteiger partial charge is 0.407 e. The van der Waals surface area contributed by atoms with E-state index in [2.05, 4.69) is 21.7 Å². The Balaban J connectivity index is 0.780. The molecule has 334 valence electrons. The molecule has 4 saturated heterocycles. The highest BCUT2D eigenvalue weighted by Gasteiger charge is 2.58. The lowest BCUT2D eigenvalue weighted by molar-refractivity contribution is -0.138. The number of nitrogens with one attached hydrogen (secondary N) is 3. The van der Waals surface area contributed by atoms with Crippen molar-refractivity contribution in [3.05, 3.63) is 60.2 Å². The fraction of sp³-hybridized carbons (Fsp3) is 0.532. The molecule has 11 rings (SSSR count). The van der Waals surface area contributed by atoms with Crippen LogP contribution in [-0.2, 0) is 35.0 Å². The van der Waals surface area contributed by atoms with Gasteiger partial charge in [-0.15, -0.1) is 0 Å². The van der Waals surface area contributed by atoms with Crippen molar-refractivity contribution in [2.45, 2.75) is 94.0 Å². The number of aromatic amines is 1. The highest BCUT2D eigenvalue weighted by Crippen LogP contribution is 2.54. The summed E-state index contributed by atoms with van der Waals surface area (Å²) < 4.78 is 21.0. The number of aliphatic imine (C=N–C) groups is 1. The molecule has 2 aromatic heterocycles. The van der Waals surface area contributed by atoms with Gasteiger partial charge in [-0.1, -0.05) is 12.1 Å². The van der Waals surface area contributed by atoms with E-state index in [1.807, 2.05) is 46.3 Å². The molecule has 0 spiro atoms. The van der Waals surface area contributed by atoms with E-state index >= 15 is 0 Å². The third kappa shape index (κ3) is 7.55. The van der Waals surface area contributed by atoms with Gasteiger partial charge < -0.3 is 44.4 Å². The lowest BCUT2D eigenvalue weighted by atomic mass is 9.90. The molecule has 7 heterocycles. The van der Waals surface area contributed by atoms with E-state index in [-0.39, 0.29) is 47.8 Å². The number of methoxy groups -OCH3 is 2. The highest BCUT2D eigenvalue weighted by molar-refractivity contribution is 6.02. The van der Waals surface area contributed by atoms with Gasteiger partial charge in [-0.05, 0) is 105 Å². The number of nitrogens with zero attached hydrogens (tertiary/aromatic N) is 6. The Morgan fingerprint density at radius 1 is 0.719 bits per heavy atom. The van der Waals surface area contributed by atoms with Crippen LogP contribution in [0, 0.1) is 23.7 Å². The molecule has 4 aromatic rings. The van der Waals surface area contributed by atoms with Crippen molar-refractivity contribution >= 4 is 46.4 Å². The molecule has 0 bridgehead atoms. The summed E-state index contributed by atoms with van der Waals surface area (Å²) in [5.41, 5.74) is 7.86. The molecule has 8 atom stereocenters. The third-order valence-electron chi connectivity index (χ3n) is 14.8. The van der Waals surface area contributed by atoms with Gasteiger partial charge in [0, 0.05) is 61.8 Å². The van der Waals surface area contributed by atoms with E-state index in [1.165, 1.54) is 14.2 Å². The Kier molecular flexibility index (Phi) is 10.6. The standard InChI is InChI=1S/C47H53N9O8/c1-61-46(59)53-41(24-7-11-63-12-8-24)44(57)55-37-18-29(37)20-39(55)34-17-28-15-26(3-5-31(28)50-34)35-22-48-33-16-27(4-6-32(33)51-35)36-23-49-43(52-36)40-21-30-19-38(30)56(40)45(58)42(54-47(60)62-2)25-9-13-64-14-10-25/h3-6,15-16,22-25,29-30,37-42H,7-14,17-21H2,1-2H3,(H,49,52)(H,53,59)(H,54,60)/t29-,30-,37-,38-,39+,40?,41+,42+/m1/s1. The first-order valence-electron chi connectivity index (χ1n) is 22.8. The van der Waals surface area contributed by atoms with E-state index < -0.39 is 24.3 Å². The Morgan fingerprint density at radius 3 is 1.97 bits per heavy atom. The molecule has 17 nitrogen and oxygen atoms in total. The first-order chi connectivity index (χ1) is 31.2. The minimum absolute atomic E-state index is 0.0186. The number of carbonyl (C=O) groups excluding carboxylic acids is 4. The molecule has 1 unspecified atom stereocenters. The molecule has 2 aromatic carbocycles. The summed E-state index contributed by atoms with van der Waals surface area (Å²) in [5, 5.41) is 5.72. The molecular weight excluding hydrogens is 819 g/mol. The Labute approximate surface area is 370 Å². The number of carbonyl (C=O) groups is 4. The maximum Gasteiger partial charge on any atom is 0.407 e. The number of benzene rings is 2. The quantitative estimate of drug-likeness (QED) is 0.187. The minimum atomic E-state index is -0.690. The fourth-order valence-electron chi connectivity index (χ4n) is 11.2. The number of hydrogen-bond donors (Lipinski definition) is 3. The number of amides is 4. The summed E-state index contributed by atoms with van der Waals surface area (Å²) in [5.74, 6) is 1.39. The number of piperidine rings is 2. The zero-order chi connectivity index (χ0) is 43.6. The summed E-state index contributed by atoms with van der Waals surface area (Å²) in [6, 6.07) is 10.7. The topological polar surface area (TPSA) is 203 Å². The molecule has 5 aliphatic heterocycles. The molecule has 64 heavy (non-hydrogen) atoms. The van der Waals surface area contributed by atoms with E-state index in [9.17, 15) is 19.2 Å². The molecule has 0 radical (unpaired) electrons. The molecular formula is C47H53N9O8. The number of fused-ring (bicyclic) bond motifs is 4. The van der Waals surface area contributed by atoms with Crippen LogP contribution in [0.4, 0.5) is 15.3 Å². The normalized spacial score (nSPS) is 26.9. The van der Waals surface area contributed by atoms with Crippen LogP contribution in [0.5, 0.6) is 0 Å². The number of likely N-dealkylation sites (tertiary alicyclic amines) is 2. The SMILES string of the molecule is COC(=O)N[C@H](C(=O)N1C(c2ncc(-c3ccc4nc(-c5ccc6c(c5)CC([C@@H]5C[C@H]7C[C@H]7N5C(=O)[C@@H](NC(=O)OC)C5CCOCC5)=N6)cnc4c3)[nH]2)C[C@H]2C[C@H]21)C1CCOCC1. The molecule has 6 fully saturated rings. The van der Waals surface area contributed by atoms with E-state index in [1.54, 1.807) is 6.20 Å². The van der Waals surface area contributed by atoms with Crippen LogP contribution in [-0.4, -0.2) is 130 Å². The van der Waals surface area contributed by atoms with E-state index in [4.69, 9.17) is 38.9 Å². The first-order valence-corrected chi connectivity index (χ1v) is 22.8. The average molecular weight is 872 g/mol. The second-order valence-electron chi connectivity index (χ2n) is 18.5. The first kappa shape index (κ1) is 40.8. The Morgan fingerprint density at radius 2 is 1.33 bits per heavy atom. The van der Waals surface area contributed by atoms with Crippen LogP contribution in [0.25, 0.3) is 33.5 Å². The number of hydrogen-bond acceptors (Lipinski definition) is 12. The van der Waals surface area contributed by atoms with Gasteiger partial charge in [0.25, 0.3) is 0 Å². The lowest BCUT2D eigenvalue weighted by Crippen LogP contribution is -2.56. The van der Waals surface area contributed by atoms with Gasteiger partial charge in [-0.3, -0.25) is 19.6 Å². The number of aromatic nitrogens is 4. The number of ether oxygens (including phenoxy) is 4. The van der Waals surface area contributed by atoms with Gasteiger partial charge >= 0.3 is 12.2 Å². The van der Waals surface area contributed by atoms with Crippen LogP contribution in [0.3, 0.4) is 0 Å². The Hall–Kier alpha value is -5.94. The maximum atomic E-state index is 14.3. The molecule has 3 N–H and O–H groups in total. The lowest BCUT2D eigenvalue weighted by Gasteiger charge is -2.36. The predicted molar refractivity (Wildman–Crippen MR) is 232 cm³/mol. The zero-order valence-corrected chi connectivity index (χ0v) is 36.0. The monoisotopic (exact) mass is 871 g/mol. The second kappa shape index (κ2) is 16.6. The van der Waals surface area contributed by atoms with Crippen LogP contribution < -0.4 is 10.6 Å². The van der Waals surface area contributed by atoms with Gasteiger partial charge in [0.15, 0.2) is 0 Å². The summed E-state index contributed by atoms with van der Waals surface area (Å²) >= 11 is 0. The highest BCUT2D eigenvalue weighted by atomic mass is 16.5. The number of alkyl carbamates (subject to hydrolysis) is 2. The van der Waals surface area contributed by atoms with Gasteiger partial charge in [0.05, 0.1) is 66.8 Å². The van der Waals surface area contributed by atoms with Crippen molar-refractivity contribution in [2.75, 3.05) is 40.6 Å². The van der Waals surface area contributed by atoms with Crippen molar-refractivity contribution in [3.63, 3.8) is 0 Å². The van der Waals surface area contributed by atoms with Crippen molar-refractivity contribution in [1.82, 2.24) is 40.4 Å². The van der Waals surface area contributed by atoms with Crippen molar-refractivity contribution in [3.8, 4) is 22.5 Å². The van der Waals surface area contributed by atoms with Crippen LogP contribution in [0.2, 0.25) is 0 Å². The average Bonchev–Trinajstić information content (AvgIpc) is 3.95. The maximum absolute atomic E-state index is 14.3. The van der Waals surface area contributed by atoms with Crippen molar-refractivity contribution < 1.29 is 38.1 Å². The molecule has 2 aliphatic carbocycles. The van der Waals surface area contributed by atoms with Gasteiger partial charge in [0.2, 0.25) is 11.8 Å². The van der Waals surface area contributed by atoms with E-state index in [0.29, 0.717) is 70.4 Å². The molecule has 2 saturated carbocycles. The predicted octanol–water partition coefficient (Wildman–Crippen LogP) is 5.27. The van der Waals surface area contributed by atoms with Crippen LogP contribution in [0.15, 0.2) is 53.8 Å². The number of imidazole rings is 1. The summed E-state index contributed by atoms with van der Waals surface area (Å²) in [6.07, 6.45) is 9.45. The van der Waals surface area contributed by atoms with Gasteiger partial charge in [-0.25, -0.2) is 19.6 Å². The van der Waals surface area contributed by atoms with Gasteiger partial charge in [0.1, 0.15) is 17.9 Å². The minimum Gasteiger partial charge on any atom is -0.453 e. The zero-order valence-electron chi connectivity index (χ0n) is 36.0. The fourth-order valence-corrected chi connectivity index (χ4v) is 11.2. The summed E-state index contributed by atoms with van der Waals surface area (Å²) in [7, 11) is 2.64. The molecule has 17 heteroatoms. The number of H-pyrrole nitrogens is 1. The molecule has 7 aliphatic rings. The van der Waals surface area contributed by atoms with Crippen LogP contribution in [0.1, 0.15) is 68.8 Å². The second-order valence-corrected chi connectivity index (χ2v) is 18.5. The molecule has 4 amide bonds. The van der Waals surface area contributed by atoms with Crippen molar-refractivity contribution in [2.24, 2.45) is 28.7 Å². The largest absolute Gasteiger partial charge is 0.453 e. The summed E-state index contributed by atoms with van der Waals surface area (Å²) in [6.45, 7) is 2.25. The summed E-state index contributed by atoms with van der Waals surface area (Å²) in [4.78, 5) is 80.6. The van der Waals surface area contributed by atoms with Crippen LogP contribution >= 0.6 is 0 Å². The third-order valence-corrected chi connectivity index (χ3v) is 14.8. The number of rotatable bonds is 10. The Bertz CT molecular complexity index is 2530. The van der Waals surface area contributed by atoms with Gasteiger partial charge in [-0.2, -0.15) is 0 Å². The van der Waals surface area contributed by atoms with E-state index in [0.717, 1.165) is 82.0 Å². The van der Waals surface area contributed by atoms with Crippen molar-refractivity contribution in [1.29, 1.82) is 0 Å².